The summed E-state index contributed by atoms with van der Waals surface area (Å²) in [6, 6.07) is 0. The van der Waals surface area contributed by atoms with E-state index >= 15 is 0 Å². The third-order valence-electron chi connectivity index (χ3n) is 3.29. The van der Waals surface area contributed by atoms with E-state index in [-0.39, 0.29) is 18.4 Å². The normalized spacial score (nSPS) is 26.2. The molecule has 1 saturated heterocycles. The number of nitrogens with two attached hydrogens (primary N) is 1. The van der Waals surface area contributed by atoms with Gasteiger partial charge in [-0.15, -0.1) is 0 Å². The molecule has 20 heavy (non-hydrogen) atoms. The van der Waals surface area contributed by atoms with Gasteiger partial charge in [0.15, 0.2) is 11.2 Å². The molecule has 0 aromatic carbocycles. The van der Waals surface area contributed by atoms with Crippen molar-refractivity contribution in [2.75, 3.05) is 19.5 Å². The summed E-state index contributed by atoms with van der Waals surface area (Å²) in [5.74, 6) is 0.344. The van der Waals surface area contributed by atoms with Crippen LogP contribution in [0.4, 0.5) is 5.95 Å². The lowest BCUT2D eigenvalue weighted by molar-refractivity contribution is -0.0432. The number of anilines is 1. The van der Waals surface area contributed by atoms with Gasteiger partial charge in [-0.25, -0.2) is 4.98 Å². The molecule has 0 saturated carbocycles. The monoisotopic (exact) mass is 281 g/mol. The molecule has 2 aromatic rings. The third kappa shape index (κ3) is 1.96. The molecule has 1 aliphatic heterocycles. The minimum absolute atomic E-state index is 0.0633. The molecule has 1 aliphatic rings. The highest BCUT2D eigenvalue weighted by Crippen LogP contribution is 2.32. The fourth-order valence-corrected chi connectivity index (χ4v) is 2.31. The van der Waals surface area contributed by atoms with Gasteiger partial charge in [-0.3, -0.25) is 4.57 Å². The van der Waals surface area contributed by atoms with Crippen molar-refractivity contribution in [2.45, 2.75) is 24.9 Å². The number of imidazole rings is 1. The molecular formula is C11H15N5O4. The summed E-state index contributed by atoms with van der Waals surface area (Å²) in [6.07, 6.45) is 0.0506. The van der Waals surface area contributed by atoms with Crippen LogP contribution in [-0.2, 0) is 4.74 Å². The molecule has 0 aliphatic carbocycles. The van der Waals surface area contributed by atoms with Gasteiger partial charge in [0, 0.05) is 6.42 Å². The lowest BCUT2D eigenvalue weighted by atomic mass is 10.2. The number of aliphatic hydroxyl groups excluding tert-OH is 2. The molecule has 9 nitrogen and oxygen atoms in total. The van der Waals surface area contributed by atoms with Crippen molar-refractivity contribution < 1.29 is 19.7 Å². The molecule has 4 N–H and O–H groups in total. The first-order chi connectivity index (χ1) is 9.63. The van der Waals surface area contributed by atoms with Gasteiger partial charge in [0.2, 0.25) is 11.8 Å². The summed E-state index contributed by atoms with van der Waals surface area (Å²) in [6.45, 7) is -0.245. The van der Waals surface area contributed by atoms with Crippen LogP contribution < -0.4 is 10.5 Å². The van der Waals surface area contributed by atoms with E-state index in [4.69, 9.17) is 20.3 Å². The molecule has 3 heterocycles. The van der Waals surface area contributed by atoms with Crippen LogP contribution in [-0.4, -0.2) is 55.7 Å². The topological polar surface area (TPSA) is 129 Å². The Morgan fingerprint density at radius 1 is 1.55 bits per heavy atom. The highest BCUT2D eigenvalue weighted by atomic mass is 16.5. The van der Waals surface area contributed by atoms with Crippen LogP contribution in [0.1, 0.15) is 12.6 Å². The number of aromatic nitrogens is 4. The molecule has 0 bridgehead atoms. The van der Waals surface area contributed by atoms with Gasteiger partial charge in [-0.1, -0.05) is 0 Å². The van der Waals surface area contributed by atoms with Gasteiger partial charge in [-0.2, -0.15) is 9.97 Å². The lowest BCUT2D eigenvalue weighted by Gasteiger charge is -2.13. The predicted molar refractivity (Wildman–Crippen MR) is 67.9 cm³/mol. The number of methoxy groups -OCH3 is 1. The zero-order valence-corrected chi connectivity index (χ0v) is 10.8. The van der Waals surface area contributed by atoms with E-state index < -0.39 is 18.4 Å². The number of hydrogen-bond acceptors (Lipinski definition) is 8. The molecule has 9 heteroatoms. The Kier molecular flexibility index (Phi) is 3.16. The Hall–Kier alpha value is -1.97. The average molecular weight is 281 g/mol. The van der Waals surface area contributed by atoms with Crippen molar-refractivity contribution in [1.29, 1.82) is 0 Å². The second kappa shape index (κ2) is 4.85. The summed E-state index contributed by atoms with van der Waals surface area (Å²) < 4.78 is 12.3. The van der Waals surface area contributed by atoms with Crippen LogP contribution in [0.5, 0.6) is 5.88 Å². The largest absolute Gasteiger partial charge is 0.479 e. The van der Waals surface area contributed by atoms with E-state index in [1.165, 1.54) is 13.4 Å². The van der Waals surface area contributed by atoms with Crippen LogP contribution in [0.15, 0.2) is 6.33 Å². The Labute approximate surface area is 114 Å². The summed E-state index contributed by atoms with van der Waals surface area (Å²) in [7, 11) is 1.47. The average Bonchev–Trinajstić information content (AvgIpc) is 3.00. The van der Waals surface area contributed by atoms with Gasteiger partial charge in [0.25, 0.3) is 0 Å². The SMILES string of the molecule is COc1nc(N)nc2c1ncn2C1C[C@@H](O)[C@H](CO)O1. The summed E-state index contributed by atoms with van der Waals surface area (Å²) >= 11 is 0. The maximum atomic E-state index is 9.78. The van der Waals surface area contributed by atoms with Gasteiger partial charge in [0.05, 0.1) is 26.1 Å². The molecular weight excluding hydrogens is 266 g/mol. The van der Waals surface area contributed by atoms with Crippen LogP contribution in [0, 0.1) is 0 Å². The number of ether oxygens (including phenoxy) is 2. The number of rotatable bonds is 3. The molecule has 108 valence electrons. The van der Waals surface area contributed by atoms with Crippen LogP contribution in [0.25, 0.3) is 11.2 Å². The Bertz CT molecular complexity index is 631. The fourth-order valence-electron chi connectivity index (χ4n) is 2.31. The maximum Gasteiger partial charge on any atom is 0.246 e. The van der Waals surface area contributed by atoms with Crippen LogP contribution >= 0.6 is 0 Å². The van der Waals surface area contributed by atoms with E-state index in [2.05, 4.69) is 15.0 Å². The molecule has 1 unspecified atom stereocenters. The number of nitrogen functional groups attached to an aromatic ring is 1. The molecule has 3 atom stereocenters. The lowest BCUT2D eigenvalue weighted by Crippen LogP contribution is -2.24. The van der Waals surface area contributed by atoms with E-state index in [9.17, 15) is 5.11 Å². The van der Waals surface area contributed by atoms with Gasteiger partial charge in [0.1, 0.15) is 12.3 Å². The summed E-state index contributed by atoms with van der Waals surface area (Å²) in [5.41, 5.74) is 6.56. The first kappa shape index (κ1) is 13.0. The molecule has 2 aromatic heterocycles. The van der Waals surface area contributed by atoms with Gasteiger partial charge < -0.3 is 25.4 Å². The van der Waals surface area contributed by atoms with Crippen molar-refractivity contribution in [3.63, 3.8) is 0 Å². The molecule has 3 rings (SSSR count). The Morgan fingerprint density at radius 3 is 3.00 bits per heavy atom. The van der Waals surface area contributed by atoms with Crippen molar-refractivity contribution in [2.24, 2.45) is 0 Å². The minimum Gasteiger partial charge on any atom is -0.479 e. The smallest absolute Gasteiger partial charge is 0.246 e. The zero-order valence-electron chi connectivity index (χ0n) is 10.8. The summed E-state index contributed by atoms with van der Waals surface area (Å²) in [5, 5.41) is 18.9. The number of hydrogen-bond donors (Lipinski definition) is 3. The molecule has 1 fully saturated rings. The van der Waals surface area contributed by atoms with Crippen molar-refractivity contribution in [3.8, 4) is 5.88 Å². The fraction of sp³-hybridized carbons (Fsp3) is 0.545. The van der Waals surface area contributed by atoms with Crippen LogP contribution in [0.2, 0.25) is 0 Å². The Morgan fingerprint density at radius 2 is 2.35 bits per heavy atom. The molecule has 0 radical (unpaired) electrons. The van der Waals surface area contributed by atoms with Crippen molar-refractivity contribution in [1.82, 2.24) is 19.5 Å². The molecule has 0 amide bonds. The standard InChI is InChI=1S/C11H15N5O4/c1-19-10-8-9(14-11(12)15-10)16(4-13-8)7-2-5(18)6(3-17)20-7/h4-7,17-18H,2-3H2,1H3,(H2,12,14,15)/t5-,6+,7?/m1/s1. The number of nitrogens with zero attached hydrogens (tertiary/aromatic N) is 4. The predicted octanol–water partition coefficient (Wildman–Crippen LogP) is -0.942. The maximum absolute atomic E-state index is 9.78. The zero-order chi connectivity index (χ0) is 14.3. The second-order valence-electron chi connectivity index (χ2n) is 4.53. The Balaban J connectivity index is 2.03. The van der Waals surface area contributed by atoms with Crippen molar-refractivity contribution in [3.05, 3.63) is 6.33 Å². The minimum atomic E-state index is -0.733. The highest BCUT2D eigenvalue weighted by molar-refractivity contribution is 5.77. The van der Waals surface area contributed by atoms with E-state index in [1.54, 1.807) is 4.57 Å². The first-order valence-corrected chi connectivity index (χ1v) is 6.12. The summed E-state index contributed by atoms with van der Waals surface area (Å²) in [4.78, 5) is 12.3. The number of aliphatic hydroxyl groups is 2. The quantitative estimate of drug-likeness (QED) is 0.657. The molecule has 0 spiro atoms. The highest BCUT2D eigenvalue weighted by Gasteiger charge is 2.35. The van der Waals surface area contributed by atoms with E-state index in [0.717, 1.165) is 0 Å². The van der Waals surface area contributed by atoms with E-state index in [0.29, 0.717) is 17.6 Å². The first-order valence-electron chi connectivity index (χ1n) is 6.12. The van der Waals surface area contributed by atoms with Crippen molar-refractivity contribution >= 4 is 17.1 Å². The van der Waals surface area contributed by atoms with Crippen LogP contribution in [0.3, 0.4) is 0 Å². The number of fused-ring (bicyclic) bond motifs is 1. The third-order valence-corrected chi connectivity index (χ3v) is 3.29. The van der Waals surface area contributed by atoms with Gasteiger partial charge in [-0.05, 0) is 0 Å². The second-order valence-corrected chi connectivity index (χ2v) is 4.53. The van der Waals surface area contributed by atoms with Gasteiger partial charge >= 0.3 is 0 Å². The van der Waals surface area contributed by atoms with E-state index in [1.807, 2.05) is 0 Å².